The number of amides is 2. The second kappa shape index (κ2) is 7.06. The van der Waals surface area contributed by atoms with Gasteiger partial charge in [-0.05, 0) is 30.3 Å². The van der Waals surface area contributed by atoms with Crippen molar-refractivity contribution in [1.29, 1.82) is 0 Å². The Morgan fingerprint density at radius 2 is 1.75 bits per heavy atom. The predicted molar refractivity (Wildman–Crippen MR) is 91.4 cm³/mol. The number of halogens is 2. The lowest BCUT2D eigenvalue weighted by Crippen LogP contribution is -2.28. The summed E-state index contributed by atoms with van der Waals surface area (Å²) >= 11 is 5.63. The number of nitrogens with one attached hydrogen (secondary N) is 2. The van der Waals surface area contributed by atoms with Gasteiger partial charge in [0.15, 0.2) is 0 Å². The van der Waals surface area contributed by atoms with Crippen molar-refractivity contribution in [3.63, 3.8) is 0 Å². The maximum absolute atomic E-state index is 13.9. The number of carbonyl (C=O) groups is 1. The number of carbonyl (C=O) groups excluding carboxylic acids is 1. The molecule has 9 heteroatoms. The van der Waals surface area contributed by atoms with Crippen LogP contribution in [-0.2, 0) is 10.0 Å². The van der Waals surface area contributed by atoms with E-state index < -0.39 is 26.8 Å². The molecule has 0 aliphatic carbocycles. The number of para-hydroxylation sites is 2. The van der Waals surface area contributed by atoms with E-state index in [-0.39, 0.29) is 16.4 Å². The number of sulfonamides is 1. The molecular formula is C15H15ClFN3O3S. The van der Waals surface area contributed by atoms with E-state index in [2.05, 4.69) is 10.0 Å². The smallest absolute Gasteiger partial charge is 0.321 e. The summed E-state index contributed by atoms with van der Waals surface area (Å²) in [5.74, 6) is -0.968. The maximum atomic E-state index is 13.9. The van der Waals surface area contributed by atoms with Gasteiger partial charge in [0.2, 0.25) is 0 Å². The summed E-state index contributed by atoms with van der Waals surface area (Å²) in [5.41, 5.74) is 0.358. The molecule has 0 bridgehead atoms. The molecule has 0 unspecified atom stereocenters. The Morgan fingerprint density at radius 1 is 1.12 bits per heavy atom. The summed E-state index contributed by atoms with van der Waals surface area (Å²) in [5, 5.41) is 2.64. The van der Waals surface area contributed by atoms with Crippen molar-refractivity contribution in [1.82, 2.24) is 4.90 Å². The number of benzene rings is 2. The zero-order chi connectivity index (χ0) is 17.9. The number of anilines is 2. The summed E-state index contributed by atoms with van der Waals surface area (Å²) in [7, 11) is -1.09. The van der Waals surface area contributed by atoms with Gasteiger partial charge in [0.1, 0.15) is 10.7 Å². The van der Waals surface area contributed by atoms with Gasteiger partial charge in [-0.15, -0.1) is 0 Å². The van der Waals surface area contributed by atoms with Crippen LogP contribution in [0.1, 0.15) is 0 Å². The van der Waals surface area contributed by atoms with Crippen LogP contribution in [0.3, 0.4) is 0 Å². The average Bonchev–Trinajstić information content (AvgIpc) is 2.48. The maximum Gasteiger partial charge on any atom is 0.321 e. The van der Waals surface area contributed by atoms with E-state index in [1.54, 1.807) is 26.2 Å². The third kappa shape index (κ3) is 4.15. The molecule has 6 nitrogen and oxygen atoms in total. The van der Waals surface area contributed by atoms with E-state index >= 15 is 0 Å². The van der Waals surface area contributed by atoms with Crippen LogP contribution in [0, 0.1) is 5.82 Å². The Kier molecular flexibility index (Phi) is 5.30. The van der Waals surface area contributed by atoms with Gasteiger partial charge < -0.3 is 10.2 Å². The van der Waals surface area contributed by atoms with Crippen molar-refractivity contribution in [3.05, 3.63) is 53.3 Å². The van der Waals surface area contributed by atoms with Gasteiger partial charge in [0, 0.05) is 19.1 Å². The lowest BCUT2D eigenvalue weighted by molar-refractivity contribution is 0.230. The lowest BCUT2D eigenvalue weighted by Gasteiger charge is -2.16. The van der Waals surface area contributed by atoms with Crippen LogP contribution in [0.5, 0.6) is 0 Å². The number of hydrogen-bond acceptors (Lipinski definition) is 3. The van der Waals surface area contributed by atoms with Gasteiger partial charge in [-0.3, -0.25) is 4.72 Å². The van der Waals surface area contributed by atoms with Crippen LogP contribution in [-0.4, -0.2) is 33.4 Å². The van der Waals surface area contributed by atoms with Gasteiger partial charge in [0.05, 0.1) is 11.4 Å². The van der Waals surface area contributed by atoms with Crippen molar-refractivity contribution in [3.8, 4) is 0 Å². The minimum atomic E-state index is -4.19. The number of nitrogens with zero attached hydrogens (tertiary/aromatic N) is 1. The third-order valence-corrected chi connectivity index (χ3v) is 4.64. The molecule has 0 aliphatic heterocycles. The van der Waals surface area contributed by atoms with Crippen LogP contribution >= 0.6 is 11.6 Å². The fourth-order valence-corrected chi connectivity index (χ4v) is 3.10. The second-order valence-corrected chi connectivity index (χ2v) is 7.14. The molecule has 0 atom stereocenters. The molecule has 0 saturated carbocycles. The molecule has 2 aromatic rings. The summed E-state index contributed by atoms with van der Waals surface area (Å²) in [6.45, 7) is 0. The molecular weight excluding hydrogens is 357 g/mol. The minimum absolute atomic E-state index is 0.0881. The van der Waals surface area contributed by atoms with Gasteiger partial charge >= 0.3 is 6.03 Å². The van der Waals surface area contributed by atoms with Crippen LogP contribution in [0.4, 0.5) is 20.6 Å². The zero-order valence-electron chi connectivity index (χ0n) is 12.9. The minimum Gasteiger partial charge on any atom is -0.331 e. The van der Waals surface area contributed by atoms with Gasteiger partial charge in [-0.2, -0.15) is 0 Å². The lowest BCUT2D eigenvalue weighted by atomic mass is 10.3. The molecule has 128 valence electrons. The van der Waals surface area contributed by atoms with Crippen LogP contribution < -0.4 is 10.0 Å². The largest absolute Gasteiger partial charge is 0.331 e. The zero-order valence-corrected chi connectivity index (χ0v) is 14.5. The fraction of sp³-hybridized carbons (Fsp3) is 0.133. The van der Waals surface area contributed by atoms with Crippen molar-refractivity contribution in [2.24, 2.45) is 0 Å². The number of rotatable bonds is 4. The SMILES string of the molecule is CN(C)C(=O)Nc1ccccc1NS(=O)(=O)c1ccc(Cl)cc1F. The van der Waals surface area contributed by atoms with E-state index in [1.807, 2.05) is 0 Å². The summed E-state index contributed by atoms with van der Waals surface area (Å²) in [6.07, 6.45) is 0. The first-order valence-corrected chi connectivity index (χ1v) is 8.62. The Morgan fingerprint density at radius 3 is 2.33 bits per heavy atom. The van der Waals surface area contributed by atoms with Crippen LogP contribution in [0.2, 0.25) is 5.02 Å². The third-order valence-electron chi connectivity index (χ3n) is 3.00. The summed E-state index contributed by atoms with van der Waals surface area (Å²) < 4.78 is 40.9. The van der Waals surface area contributed by atoms with E-state index in [1.165, 1.54) is 23.1 Å². The Bertz CT molecular complexity index is 872. The van der Waals surface area contributed by atoms with Crippen molar-refractivity contribution >= 4 is 39.0 Å². The normalized spacial score (nSPS) is 11.0. The van der Waals surface area contributed by atoms with Crippen molar-refractivity contribution < 1.29 is 17.6 Å². The topological polar surface area (TPSA) is 78.5 Å². The molecule has 0 heterocycles. The highest BCUT2D eigenvalue weighted by Crippen LogP contribution is 2.26. The Labute approximate surface area is 144 Å². The number of hydrogen-bond donors (Lipinski definition) is 2. The molecule has 0 radical (unpaired) electrons. The molecule has 0 aliphatic rings. The molecule has 24 heavy (non-hydrogen) atoms. The first kappa shape index (κ1) is 18.0. The number of urea groups is 1. The summed E-state index contributed by atoms with van der Waals surface area (Å²) in [6, 6.07) is 9.02. The molecule has 0 aromatic heterocycles. The summed E-state index contributed by atoms with van der Waals surface area (Å²) in [4.78, 5) is 12.5. The highest BCUT2D eigenvalue weighted by atomic mass is 35.5. The molecule has 2 aromatic carbocycles. The molecule has 0 fully saturated rings. The van der Waals surface area contributed by atoms with E-state index in [0.29, 0.717) is 0 Å². The second-order valence-electron chi connectivity index (χ2n) is 5.05. The molecule has 2 rings (SSSR count). The van der Waals surface area contributed by atoms with Gasteiger partial charge in [0.25, 0.3) is 10.0 Å². The monoisotopic (exact) mass is 371 g/mol. The Hall–Kier alpha value is -2.32. The Balaban J connectivity index is 2.35. The van der Waals surface area contributed by atoms with Gasteiger partial charge in [-0.25, -0.2) is 17.6 Å². The first-order chi connectivity index (χ1) is 11.2. The molecule has 2 N–H and O–H groups in total. The highest BCUT2D eigenvalue weighted by molar-refractivity contribution is 7.92. The predicted octanol–water partition coefficient (Wildman–Crippen LogP) is 3.37. The quantitative estimate of drug-likeness (QED) is 0.864. The van der Waals surface area contributed by atoms with Crippen LogP contribution in [0.25, 0.3) is 0 Å². The van der Waals surface area contributed by atoms with E-state index in [9.17, 15) is 17.6 Å². The first-order valence-electron chi connectivity index (χ1n) is 6.76. The molecule has 2 amide bonds. The molecule has 0 saturated heterocycles. The van der Waals surface area contributed by atoms with Crippen molar-refractivity contribution in [2.45, 2.75) is 4.90 Å². The highest BCUT2D eigenvalue weighted by Gasteiger charge is 2.21. The van der Waals surface area contributed by atoms with Crippen molar-refractivity contribution in [2.75, 3.05) is 24.1 Å². The molecule has 0 spiro atoms. The van der Waals surface area contributed by atoms with Crippen LogP contribution in [0.15, 0.2) is 47.4 Å². The fourth-order valence-electron chi connectivity index (χ4n) is 1.80. The van der Waals surface area contributed by atoms with E-state index in [4.69, 9.17) is 11.6 Å². The van der Waals surface area contributed by atoms with E-state index in [0.717, 1.165) is 12.1 Å². The average molecular weight is 372 g/mol. The standard InChI is InChI=1S/C15H15ClFN3O3S/c1-20(2)15(21)18-12-5-3-4-6-13(12)19-24(22,23)14-8-7-10(16)9-11(14)17/h3-9,19H,1-2H3,(H,18,21). The van der Waals surface area contributed by atoms with Gasteiger partial charge in [-0.1, -0.05) is 23.7 Å².